The number of guanidine groups is 1. The number of nitrogens with one attached hydrogen (secondary N) is 2. The van der Waals surface area contributed by atoms with Crippen LogP contribution in [0.25, 0.3) is 0 Å². The van der Waals surface area contributed by atoms with E-state index in [1.807, 2.05) is 0 Å². The Morgan fingerprint density at radius 3 is 2.24 bits per heavy atom. The smallest absolute Gasteiger partial charge is 0.385 e. The molecule has 0 bridgehead atoms. The number of hydrogen-bond donors (Lipinski definition) is 2. The molecule has 0 saturated heterocycles. The van der Waals surface area contributed by atoms with E-state index in [0.29, 0.717) is 32.1 Å². The molecule has 0 aromatic carbocycles. The van der Waals surface area contributed by atoms with Crippen molar-refractivity contribution in [3.05, 3.63) is 0 Å². The summed E-state index contributed by atoms with van der Waals surface area (Å²) in [5.41, 5.74) is 0. The molecule has 0 aliphatic carbocycles. The van der Waals surface area contributed by atoms with E-state index in [0.717, 1.165) is 13.0 Å². The maximum Gasteiger partial charge on any atom is 0.401 e. The Kier molecular flexibility index (Phi) is 14.6. The molecule has 128 valence electrons. The molecule has 0 atom stereocenters. The molecular formula is C12H26F3IN4O. The largest absolute Gasteiger partial charge is 0.401 e. The minimum absolute atomic E-state index is 0. The van der Waals surface area contributed by atoms with Crippen LogP contribution < -0.4 is 10.6 Å². The van der Waals surface area contributed by atoms with Crippen LogP contribution >= 0.6 is 24.0 Å². The summed E-state index contributed by atoms with van der Waals surface area (Å²) >= 11 is 0. The Labute approximate surface area is 141 Å². The van der Waals surface area contributed by atoms with Gasteiger partial charge in [-0.2, -0.15) is 13.2 Å². The number of nitrogens with zero attached hydrogens (tertiary/aromatic N) is 2. The van der Waals surface area contributed by atoms with Crippen molar-refractivity contribution in [2.24, 2.45) is 4.99 Å². The van der Waals surface area contributed by atoms with Crippen LogP contribution in [0.15, 0.2) is 4.99 Å². The number of hydrogen-bond acceptors (Lipinski definition) is 3. The van der Waals surface area contributed by atoms with E-state index in [2.05, 4.69) is 15.6 Å². The SMILES string of the molecule is CN=C(NCCCOC)NCCCN(C)CC(F)(F)F.I. The van der Waals surface area contributed by atoms with Crippen LogP contribution in [-0.2, 0) is 4.74 Å². The maximum atomic E-state index is 12.1. The highest BCUT2D eigenvalue weighted by molar-refractivity contribution is 14.0. The first-order valence-corrected chi connectivity index (χ1v) is 6.58. The van der Waals surface area contributed by atoms with Gasteiger partial charge in [-0.15, -0.1) is 24.0 Å². The quantitative estimate of drug-likeness (QED) is 0.255. The lowest BCUT2D eigenvalue weighted by atomic mass is 10.4. The van der Waals surface area contributed by atoms with E-state index in [4.69, 9.17) is 4.74 Å². The first-order chi connectivity index (χ1) is 9.39. The second-order valence-electron chi connectivity index (χ2n) is 4.48. The summed E-state index contributed by atoms with van der Waals surface area (Å²) in [5, 5.41) is 6.15. The average molecular weight is 426 g/mol. The van der Waals surface area contributed by atoms with Crippen LogP contribution in [0, 0.1) is 0 Å². The normalized spacial score (nSPS) is 12.2. The monoisotopic (exact) mass is 426 g/mol. The van der Waals surface area contributed by atoms with Gasteiger partial charge in [0.1, 0.15) is 0 Å². The van der Waals surface area contributed by atoms with Gasteiger partial charge in [0.15, 0.2) is 5.96 Å². The van der Waals surface area contributed by atoms with Gasteiger partial charge in [-0.25, -0.2) is 0 Å². The number of methoxy groups -OCH3 is 1. The minimum Gasteiger partial charge on any atom is -0.385 e. The predicted octanol–water partition coefficient (Wildman–Crippen LogP) is 1.69. The minimum atomic E-state index is -4.14. The fourth-order valence-corrected chi connectivity index (χ4v) is 1.58. The van der Waals surface area contributed by atoms with Gasteiger partial charge in [0.05, 0.1) is 6.54 Å². The molecule has 0 unspecified atom stereocenters. The van der Waals surface area contributed by atoms with E-state index in [9.17, 15) is 13.2 Å². The van der Waals surface area contributed by atoms with Gasteiger partial charge in [0, 0.05) is 33.9 Å². The van der Waals surface area contributed by atoms with Gasteiger partial charge in [-0.1, -0.05) is 0 Å². The van der Waals surface area contributed by atoms with Crippen LogP contribution in [-0.4, -0.2) is 71.0 Å². The molecule has 5 nitrogen and oxygen atoms in total. The summed E-state index contributed by atoms with van der Waals surface area (Å²) in [6.07, 6.45) is -2.65. The summed E-state index contributed by atoms with van der Waals surface area (Å²) in [6, 6.07) is 0. The summed E-state index contributed by atoms with van der Waals surface area (Å²) in [4.78, 5) is 5.28. The number of alkyl halides is 3. The standard InChI is InChI=1S/C12H25F3N4O.HI/c1-16-11(18-7-5-9-20-3)17-6-4-8-19(2)10-12(13,14)15;/h4-10H2,1-3H3,(H2,16,17,18);1H. The molecule has 0 amide bonds. The van der Waals surface area contributed by atoms with E-state index in [1.54, 1.807) is 14.2 Å². The lowest BCUT2D eigenvalue weighted by Crippen LogP contribution is -2.39. The average Bonchev–Trinajstić information content (AvgIpc) is 2.34. The van der Waals surface area contributed by atoms with Gasteiger partial charge < -0.3 is 15.4 Å². The molecule has 9 heteroatoms. The van der Waals surface area contributed by atoms with Gasteiger partial charge in [-0.05, 0) is 26.4 Å². The van der Waals surface area contributed by atoms with Crippen molar-refractivity contribution in [3.63, 3.8) is 0 Å². The Morgan fingerprint density at radius 1 is 1.19 bits per heavy atom. The van der Waals surface area contributed by atoms with Crippen molar-refractivity contribution >= 4 is 29.9 Å². The summed E-state index contributed by atoms with van der Waals surface area (Å²) in [5.74, 6) is 0.652. The predicted molar refractivity (Wildman–Crippen MR) is 89.4 cm³/mol. The van der Waals surface area contributed by atoms with Crippen LogP contribution in [0.2, 0.25) is 0 Å². The van der Waals surface area contributed by atoms with E-state index < -0.39 is 12.7 Å². The van der Waals surface area contributed by atoms with E-state index in [1.165, 1.54) is 11.9 Å². The lowest BCUT2D eigenvalue weighted by molar-refractivity contribution is -0.143. The van der Waals surface area contributed by atoms with Crippen LogP contribution in [0.3, 0.4) is 0 Å². The van der Waals surface area contributed by atoms with Crippen molar-refractivity contribution in [1.29, 1.82) is 0 Å². The molecule has 0 rings (SSSR count). The number of aliphatic imine (C=N–C) groups is 1. The van der Waals surface area contributed by atoms with Crippen molar-refractivity contribution < 1.29 is 17.9 Å². The maximum absolute atomic E-state index is 12.1. The zero-order chi connectivity index (χ0) is 15.4. The molecule has 0 spiro atoms. The lowest BCUT2D eigenvalue weighted by Gasteiger charge is -2.18. The van der Waals surface area contributed by atoms with E-state index in [-0.39, 0.29) is 24.0 Å². The molecule has 2 N–H and O–H groups in total. The molecule has 0 fully saturated rings. The highest BCUT2D eigenvalue weighted by Crippen LogP contribution is 2.15. The molecular weight excluding hydrogens is 400 g/mol. The highest BCUT2D eigenvalue weighted by atomic mass is 127. The Bertz CT molecular complexity index is 278. The molecule has 0 heterocycles. The summed E-state index contributed by atoms with van der Waals surface area (Å²) in [6.45, 7) is 1.49. The first-order valence-electron chi connectivity index (χ1n) is 6.58. The second kappa shape index (κ2) is 13.4. The molecule has 0 saturated carbocycles. The Hall–Kier alpha value is -0.290. The molecule has 0 radical (unpaired) electrons. The van der Waals surface area contributed by atoms with Crippen molar-refractivity contribution in [1.82, 2.24) is 15.5 Å². The second-order valence-corrected chi connectivity index (χ2v) is 4.48. The van der Waals surface area contributed by atoms with Crippen molar-refractivity contribution in [3.8, 4) is 0 Å². The fraction of sp³-hybridized carbons (Fsp3) is 0.917. The van der Waals surface area contributed by atoms with Crippen LogP contribution in [0.1, 0.15) is 12.8 Å². The molecule has 0 aliphatic heterocycles. The van der Waals surface area contributed by atoms with Gasteiger partial charge in [-0.3, -0.25) is 9.89 Å². The van der Waals surface area contributed by atoms with Crippen molar-refractivity contribution in [2.75, 3.05) is 54.0 Å². The fourth-order valence-electron chi connectivity index (χ4n) is 1.58. The van der Waals surface area contributed by atoms with Crippen molar-refractivity contribution in [2.45, 2.75) is 19.0 Å². The highest BCUT2D eigenvalue weighted by Gasteiger charge is 2.28. The van der Waals surface area contributed by atoms with Crippen LogP contribution in [0.4, 0.5) is 13.2 Å². The van der Waals surface area contributed by atoms with E-state index >= 15 is 0 Å². The summed E-state index contributed by atoms with van der Waals surface area (Å²) < 4.78 is 41.2. The topological polar surface area (TPSA) is 48.9 Å². The third kappa shape index (κ3) is 15.9. The third-order valence-corrected chi connectivity index (χ3v) is 2.50. The summed E-state index contributed by atoms with van der Waals surface area (Å²) in [7, 11) is 4.76. The van der Waals surface area contributed by atoms with Gasteiger partial charge in [0.25, 0.3) is 0 Å². The molecule has 0 aromatic heterocycles. The van der Waals surface area contributed by atoms with Gasteiger partial charge >= 0.3 is 6.18 Å². The molecule has 0 aliphatic rings. The molecule has 21 heavy (non-hydrogen) atoms. The Morgan fingerprint density at radius 2 is 1.76 bits per heavy atom. The number of halogens is 4. The zero-order valence-corrected chi connectivity index (χ0v) is 15.1. The number of rotatable bonds is 9. The number of ether oxygens (including phenoxy) is 1. The first kappa shape index (κ1) is 23.0. The third-order valence-electron chi connectivity index (χ3n) is 2.50. The zero-order valence-electron chi connectivity index (χ0n) is 12.8. The Balaban J connectivity index is 0. The van der Waals surface area contributed by atoms with Gasteiger partial charge in [0.2, 0.25) is 0 Å². The van der Waals surface area contributed by atoms with Crippen LogP contribution in [0.5, 0.6) is 0 Å². The molecule has 0 aromatic rings.